The Kier molecular flexibility index (Phi) is 9.53. The highest BCUT2D eigenvalue weighted by Gasteiger charge is 2.26. The quantitative estimate of drug-likeness (QED) is 0.149. The number of ether oxygens (including phenoxy) is 2. The number of ketones is 1. The Hall–Kier alpha value is -3.84. The number of thioether (sulfide) groups is 1. The fourth-order valence-electron chi connectivity index (χ4n) is 6.01. The van der Waals surface area contributed by atoms with E-state index in [1.54, 1.807) is 19.1 Å². The number of imidazole rings is 1. The van der Waals surface area contributed by atoms with Crippen LogP contribution in [0, 0.1) is 5.82 Å². The second kappa shape index (κ2) is 14.1. The van der Waals surface area contributed by atoms with Crippen LogP contribution in [0.15, 0.2) is 59.8 Å². The molecule has 2 aliphatic rings. The van der Waals surface area contributed by atoms with Gasteiger partial charge in [0.2, 0.25) is 11.0 Å². The molecule has 0 unspecified atom stereocenters. The molecule has 47 heavy (non-hydrogen) atoms. The summed E-state index contributed by atoms with van der Waals surface area (Å²) in [6.07, 6.45) is 3.18. The van der Waals surface area contributed by atoms with Crippen molar-refractivity contribution in [3.8, 4) is 17.3 Å². The molecule has 3 aromatic heterocycles. The lowest BCUT2D eigenvalue weighted by molar-refractivity contribution is -0.114. The normalized spacial score (nSPS) is 17.2. The summed E-state index contributed by atoms with van der Waals surface area (Å²) in [4.78, 5) is 28.3. The molecule has 1 atom stereocenters. The topological polar surface area (TPSA) is 111 Å². The van der Waals surface area contributed by atoms with Crippen LogP contribution in [-0.4, -0.2) is 72.0 Å². The summed E-state index contributed by atoms with van der Waals surface area (Å²) < 4.78 is 28.1. The number of Topliss-reactive ketones (excluding diaryl/α,β-unsaturated/α-hetero) is 1. The molecular weight excluding hydrogens is 641 g/mol. The van der Waals surface area contributed by atoms with Crippen LogP contribution >= 0.6 is 23.4 Å². The van der Waals surface area contributed by atoms with E-state index in [0.717, 1.165) is 80.2 Å². The molecule has 0 saturated carbocycles. The smallest absolute Gasteiger partial charge is 0.213 e. The first kappa shape index (κ1) is 31.7. The molecule has 5 aromatic rings. The van der Waals surface area contributed by atoms with Gasteiger partial charge in [-0.25, -0.2) is 19.3 Å². The number of halogens is 2. The van der Waals surface area contributed by atoms with Crippen molar-refractivity contribution in [3.63, 3.8) is 0 Å². The Morgan fingerprint density at radius 1 is 1.11 bits per heavy atom. The summed E-state index contributed by atoms with van der Waals surface area (Å²) >= 11 is 7.20. The van der Waals surface area contributed by atoms with E-state index < -0.39 is 0 Å². The molecule has 2 aliphatic heterocycles. The van der Waals surface area contributed by atoms with Crippen molar-refractivity contribution in [1.82, 2.24) is 34.6 Å². The number of nitrogens with zero attached hydrogens (tertiary/aromatic N) is 6. The zero-order valence-corrected chi connectivity index (χ0v) is 27.6. The van der Waals surface area contributed by atoms with Crippen molar-refractivity contribution < 1.29 is 18.7 Å². The minimum atomic E-state index is -0.389. The third-order valence-electron chi connectivity index (χ3n) is 8.66. The average molecular weight is 676 g/mol. The molecule has 2 fully saturated rings. The second-order valence-corrected chi connectivity index (χ2v) is 13.4. The van der Waals surface area contributed by atoms with Crippen LogP contribution in [0.5, 0.6) is 5.88 Å². The second-order valence-electron chi connectivity index (χ2n) is 12.1. The van der Waals surface area contributed by atoms with Crippen LogP contribution in [0.25, 0.3) is 22.4 Å². The fourth-order valence-corrected chi connectivity index (χ4v) is 6.76. The van der Waals surface area contributed by atoms with Gasteiger partial charge in [-0.2, -0.15) is 0 Å². The van der Waals surface area contributed by atoms with Gasteiger partial charge in [0.1, 0.15) is 24.0 Å². The van der Waals surface area contributed by atoms with Gasteiger partial charge in [-0.15, -0.1) is 5.10 Å². The Morgan fingerprint density at radius 2 is 1.96 bits per heavy atom. The summed E-state index contributed by atoms with van der Waals surface area (Å²) in [6, 6.07) is 16.6. The Morgan fingerprint density at radius 3 is 2.72 bits per heavy atom. The standard InChI is InChI=1S/C34H35ClFN7O3S/c1-21(44)20-47-34-39-33(40-41-34)23-6-8-30-29(15-23)37-31(43(30)17-26-11-14-45-26)18-42-12-9-22(10-13-42)28-3-2-4-32(38-28)46-19-24-5-7-25(35)16-27(24)36/h2-8,15-16,22,26H,9-14,17-20H2,1H3,(H,39,40,41)/t26-/m0/s1. The molecule has 2 aromatic carbocycles. The molecule has 5 heterocycles. The number of aromatic amines is 1. The Labute approximate surface area is 281 Å². The van der Waals surface area contributed by atoms with Gasteiger partial charge in [-0.05, 0) is 75.7 Å². The Balaban J connectivity index is 1.02. The highest BCUT2D eigenvalue weighted by Crippen LogP contribution is 2.31. The van der Waals surface area contributed by atoms with Crippen LogP contribution < -0.4 is 4.74 Å². The van der Waals surface area contributed by atoms with Crippen molar-refractivity contribution in [2.24, 2.45) is 0 Å². The maximum Gasteiger partial charge on any atom is 0.213 e. The summed E-state index contributed by atoms with van der Waals surface area (Å²) in [5, 5.41) is 8.17. The van der Waals surface area contributed by atoms with Crippen LogP contribution in [0.2, 0.25) is 5.02 Å². The predicted molar refractivity (Wildman–Crippen MR) is 178 cm³/mol. The number of H-pyrrole nitrogens is 1. The SMILES string of the molecule is CC(=O)CSc1n[nH]c(-c2ccc3c(c2)nc(CN2CCC(c4cccc(OCc5ccc(Cl)cc5F)n4)CC2)n3C[C@@H]2CCO2)n1. The van der Waals surface area contributed by atoms with E-state index in [2.05, 4.69) is 30.7 Å². The van der Waals surface area contributed by atoms with Crippen molar-refractivity contribution in [2.45, 2.75) is 63.1 Å². The van der Waals surface area contributed by atoms with Gasteiger partial charge in [0.25, 0.3) is 0 Å². The van der Waals surface area contributed by atoms with Crippen molar-refractivity contribution in [1.29, 1.82) is 0 Å². The fraction of sp³-hybridized carbons (Fsp3) is 0.382. The molecule has 1 N–H and O–H groups in total. The zero-order valence-electron chi connectivity index (χ0n) is 26.0. The Bertz CT molecular complexity index is 1890. The number of hydrogen-bond donors (Lipinski definition) is 1. The van der Waals surface area contributed by atoms with Gasteiger partial charge in [-0.3, -0.25) is 14.8 Å². The van der Waals surface area contributed by atoms with Crippen LogP contribution in [0.1, 0.15) is 49.2 Å². The minimum absolute atomic E-state index is 0.0842. The number of rotatable bonds is 12. The van der Waals surface area contributed by atoms with Gasteiger partial charge in [0.15, 0.2) is 5.82 Å². The molecule has 13 heteroatoms. The largest absolute Gasteiger partial charge is 0.473 e. The summed E-state index contributed by atoms with van der Waals surface area (Å²) in [5.41, 5.74) is 4.30. The van der Waals surface area contributed by atoms with E-state index in [1.165, 1.54) is 17.8 Å². The first-order valence-electron chi connectivity index (χ1n) is 15.8. The molecule has 10 nitrogen and oxygen atoms in total. The molecule has 0 spiro atoms. The molecule has 0 amide bonds. The van der Waals surface area contributed by atoms with Gasteiger partial charge in [0.05, 0.1) is 36.0 Å². The average Bonchev–Trinajstić information content (AvgIpc) is 3.66. The van der Waals surface area contributed by atoms with E-state index in [-0.39, 0.29) is 24.3 Å². The van der Waals surface area contributed by atoms with E-state index >= 15 is 0 Å². The number of benzene rings is 2. The van der Waals surface area contributed by atoms with Gasteiger partial charge in [-0.1, -0.05) is 35.5 Å². The molecule has 7 rings (SSSR count). The zero-order chi connectivity index (χ0) is 32.3. The first-order chi connectivity index (χ1) is 22.9. The predicted octanol–water partition coefficient (Wildman–Crippen LogP) is 6.44. The lowest BCUT2D eigenvalue weighted by atomic mass is 9.93. The third-order valence-corrected chi connectivity index (χ3v) is 9.88. The first-order valence-corrected chi connectivity index (χ1v) is 17.2. The van der Waals surface area contributed by atoms with Crippen molar-refractivity contribution in [2.75, 3.05) is 25.4 Å². The number of fused-ring (bicyclic) bond motifs is 1. The molecule has 244 valence electrons. The number of pyridine rings is 1. The van der Waals surface area contributed by atoms with E-state index in [4.69, 9.17) is 31.0 Å². The number of aromatic nitrogens is 6. The summed E-state index contributed by atoms with van der Waals surface area (Å²) in [7, 11) is 0. The number of hydrogen-bond acceptors (Lipinski definition) is 9. The minimum Gasteiger partial charge on any atom is -0.473 e. The molecule has 0 aliphatic carbocycles. The summed E-state index contributed by atoms with van der Waals surface area (Å²) in [5.74, 6) is 2.51. The number of nitrogens with one attached hydrogen (secondary N) is 1. The van der Waals surface area contributed by atoms with E-state index in [0.29, 0.717) is 39.1 Å². The molecular formula is C34H35ClFN7O3S. The highest BCUT2D eigenvalue weighted by molar-refractivity contribution is 7.99. The highest BCUT2D eigenvalue weighted by atomic mass is 35.5. The van der Waals surface area contributed by atoms with Crippen LogP contribution in [-0.2, 0) is 29.2 Å². The van der Waals surface area contributed by atoms with Crippen LogP contribution in [0.3, 0.4) is 0 Å². The number of carbonyl (C=O) groups is 1. The third kappa shape index (κ3) is 7.51. The maximum atomic E-state index is 14.2. The lowest BCUT2D eigenvalue weighted by Crippen LogP contribution is -2.35. The van der Waals surface area contributed by atoms with Crippen LogP contribution in [0.4, 0.5) is 4.39 Å². The van der Waals surface area contributed by atoms with Gasteiger partial charge in [0, 0.05) is 40.4 Å². The number of piperidine rings is 1. The van der Waals surface area contributed by atoms with E-state index in [9.17, 15) is 9.18 Å². The van der Waals surface area contributed by atoms with Gasteiger partial charge < -0.3 is 14.0 Å². The van der Waals surface area contributed by atoms with E-state index in [1.807, 2.05) is 30.3 Å². The maximum absolute atomic E-state index is 14.2. The number of carbonyl (C=O) groups excluding carboxylic acids is 1. The van der Waals surface area contributed by atoms with Crippen molar-refractivity contribution in [3.05, 3.63) is 82.5 Å². The van der Waals surface area contributed by atoms with Gasteiger partial charge >= 0.3 is 0 Å². The molecule has 2 saturated heterocycles. The monoisotopic (exact) mass is 675 g/mol. The number of likely N-dealkylation sites (tertiary alicyclic amines) is 1. The molecule has 0 radical (unpaired) electrons. The lowest BCUT2D eigenvalue weighted by Gasteiger charge is -2.32. The molecule has 0 bridgehead atoms. The summed E-state index contributed by atoms with van der Waals surface area (Å²) in [6.45, 7) is 5.79. The van der Waals surface area contributed by atoms with Crippen molar-refractivity contribution >= 4 is 40.2 Å².